The van der Waals surface area contributed by atoms with Crippen LogP contribution in [-0.2, 0) is 13.1 Å². The van der Waals surface area contributed by atoms with Crippen LogP contribution in [0.4, 0.5) is 5.69 Å². The maximum atomic E-state index is 5.95. The van der Waals surface area contributed by atoms with Gasteiger partial charge in [0.15, 0.2) is 0 Å². The first kappa shape index (κ1) is 13.6. The highest BCUT2D eigenvalue weighted by Crippen LogP contribution is 2.18. The molecule has 0 aliphatic rings. The molecule has 2 aromatic carbocycles. The molecular formula is C17H22N2. The molecule has 2 rings (SSSR count). The summed E-state index contributed by atoms with van der Waals surface area (Å²) in [5.41, 5.74) is 12.1. The lowest BCUT2D eigenvalue weighted by atomic mass is 10.1. The minimum atomic E-state index is 0.877. The van der Waals surface area contributed by atoms with Gasteiger partial charge < -0.3 is 5.73 Å². The Bertz CT molecular complexity index is 561. The largest absolute Gasteiger partial charge is 0.399 e. The Morgan fingerprint density at radius 3 is 2.26 bits per heavy atom. The van der Waals surface area contributed by atoms with Gasteiger partial charge in [0.05, 0.1) is 0 Å². The van der Waals surface area contributed by atoms with Crippen LogP contribution in [0.1, 0.15) is 22.3 Å². The van der Waals surface area contributed by atoms with Crippen molar-refractivity contribution < 1.29 is 0 Å². The van der Waals surface area contributed by atoms with Crippen LogP contribution < -0.4 is 5.73 Å². The molecule has 0 atom stereocenters. The molecule has 2 aromatic rings. The summed E-state index contributed by atoms with van der Waals surface area (Å²) in [4.78, 5) is 2.32. The number of anilines is 1. The third-order valence-electron chi connectivity index (χ3n) is 3.63. The number of hydrogen-bond acceptors (Lipinski definition) is 2. The molecule has 0 heterocycles. The summed E-state index contributed by atoms with van der Waals surface area (Å²) in [6.45, 7) is 6.13. The Morgan fingerprint density at radius 2 is 1.53 bits per heavy atom. The average Bonchev–Trinajstić information content (AvgIpc) is 2.38. The second kappa shape index (κ2) is 5.89. The van der Waals surface area contributed by atoms with Gasteiger partial charge in [0.25, 0.3) is 0 Å². The van der Waals surface area contributed by atoms with Crippen LogP contribution in [0.3, 0.4) is 0 Å². The van der Waals surface area contributed by atoms with E-state index in [0.29, 0.717) is 0 Å². The average molecular weight is 254 g/mol. The van der Waals surface area contributed by atoms with Crippen LogP contribution in [0.25, 0.3) is 0 Å². The van der Waals surface area contributed by atoms with Gasteiger partial charge >= 0.3 is 0 Å². The molecule has 0 spiro atoms. The van der Waals surface area contributed by atoms with Crippen molar-refractivity contribution in [2.24, 2.45) is 0 Å². The fourth-order valence-corrected chi connectivity index (χ4v) is 2.30. The molecule has 2 N–H and O–H groups in total. The van der Waals surface area contributed by atoms with Crippen molar-refractivity contribution in [1.29, 1.82) is 0 Å². The van der Waals surface area contributed by atoms with E-state index in [0.717, 1.165) is 18.8 Å². The van der Waals surface area contributed by atoms with E-state index in [1.807, 2.05) is 12.1 Å². The molecule has 0 unspecified atom stereocenters. The van der Waals surface area contributed by atoms with Crippen LogP contribution in [0, 0.1) is 13.8 Å². The van der Waals surface area contributed by atoms with Crippen molar-refractivity contribution in [2.75, 3.05) is 12.8 Å². The Hall–Kier alpha value is -1.80. The molecule has 19 heavy (non-hydrogen) atoms. The number of nitrogen functional groups attached to an aromatic ring is 1. The summed E-state index contributed by atoms with van der Waals surface area (Å²) in [5, 5.41) is 0. The van der Waals surface area contributed by atoms with E-state index >= 15 is 0 Å². The van der Waals surface area contributed by atoms with Crippen LogP contribution in [0.2, 0.25) is 0 Å². The summed E-state index contributed by atoms with van der Waals surface area (Å²) >= 11 is 0. The second-order valence-electron chi connectivity index (χ2n) is 5.23. The Labute approximate surface area is 115 Å². The van der Waals surface area contributed by atoms with Gasteiger partial charge in [0.1, 0.15) is 0 Å². The first-order valence-electron chi connectivity index (χ1n) is 6.65. The Balaban J connectivity index is 2.08. The quantitative estimate of drug-likeness (QED) is 0.846. The number of benzene rings is 2. The lowest BCUT2D eigenvalue weighted by Crippen LogP contribution is -2.18. The van der Waals surface area contributed by atoms with Gasteiger partial charge in [-0.15, -0.1) is 0 Å². The first-order valence-corrected chi connectivity index (χ1v) is 6.65. The van der Waals surface area contributed by atoms with Crippen molar-refractivity contribution in [3.63, 3.8) is 0 Å². The fraction of sp³-hybridized carbons (Fsp3) is 0.294. The molecule has 0 saturated carbocycles. The zero-order valence-electron chi connectivity index (χ0n) is 12.0. The highest BCUT2D eigenvalue weighted by molar-refractivity contribution is 5.49. The van der Waals surface area contributed by atoms with Gasteiger partial charge in [-0.3, -0.25) is 4.90 Å². The summed E-state index contributed by atoms with van der Waals surface area (Å²) in [6, 6.07) is 14.7. The van der Waals surface area contributed by atoms with Crippen molar-refractivity contribution in [1.82, 2.24) is 4.90 Å². The van der Waals surface area contributed by atoms with Crippen LogP contribution >= 0.6 is 0 Å². The molecule has 0 radical (unpaired) electrons. The van der Waals surface area contributed by atoms with Gasteiger partial charge in [0, 0.05) is 18.8 Å². The Morgan fingerprint density at radius 1 is 0.895 bits per heavy atom. The van der Waals surface area contributed by atoms with Crippen molar-refractivity contribution >= 4 is 5.69 Å². The molecule has 100 valence electrons. The maximum Gasteiger partial charge on any atom is 0.0346 e. The monoisotopic (exact) mass is 254 g/mol. The standard InChI is InChI=1S/C17H22N2/c1-13-7-4-5-8-15(13)11-19(3)12-16-9-6-10-17(18)14(16)2/h4-10H,11-12,18H2,1-3H3. The Kier molecular flexibility index (Phi) is 4.23. The lowest BCUT2D eigenvalue weighted by molar-refractivity contribution is 0.318. The zero-order chi connectivity index (χ0) is 13.8. The summed E-state index contributed by atoms with van der Waals surface area (Å²) in [5.74, 6) is 0. The van der Waals surface area contributed by atoms with E-state index in [1.54, 1.807) is 0 Å². The van der Waals surface area contributed by atoms with Gasteiger partial charge in [-0.1, -0.05) is 36.4 Å². The van der Waals surface area contributed by atoms with Gasteiger partial charge in [-0.05, 0) is 49.2 Å². The molecule has 0 aliphatic carbocycles. The van der Waals surface area contributed by atoms with Crippen molar-refractivity contribution in [2.45, 2.75) is 26.9 Å². The molecule has 0 aromatic heterocycles. The van der Waals surface area contributed by atoms with E-state index in [9.17, 15) is 0 Å². The van der Waals surface area contributed by atoms with Crippen LogP contribution in [0.5, 0.6) is 0 Å². The number of rotatable bonds is 4. The van der Waals surface area contributed by atoms with Crippen LogP contribution in [0.15, 0.2) is 42.5 Å². The van der Waals surface area contributed by atoms with E-state index in [2.05, 4.69) is 56.1 Å². The summed E-state index contributed by atoms with van der Waals surface area (Å²) < 4.78 is 0. The maximum absolute atomic E-state index is 5.95. The smallest absolute Gasteiger partial charge is 0.0346 e. The summed E-state index contributed by atoms with van der Waals surface area (Å²) in [6.07, 6.45) is 0. The molecule has 2 nitrogen and oxygen atoms in total. The molecular weight excluding hydrogens is 232 g/mol. The zero-order valence-corrected chi connectivity index (χ0v) is 12.0. The molecule has 0 saturated heterocycles. The van der Waals surface area contributed by atoms with E-state index in [-0.39, 0.29) is 0 Å². The van der Waals surface area contributed by atoms with Crippen molar-refractivity contribution in [3.8, 4) is 0 Å². The van der Waals surface area contributed by atoms with Crippen LogP contribution in [-0.4, -0.2) is 11.9 Å². The number of aryl methyl sites for hydroxylation is 1. The predicted octanol–water partition coefficient (Wildman–Crippen LogP) is 3.52. The summed E-state index contributed by atoms with van der Waals surface area (Å²) in [7, 11) is 2.15. The van der Waals surface area contributed by atoms with Crippen molar-refractivity contribution in [3.05, 3.63) is 64.7 Å². The molecule has 0 fully saturated rings. The van der Waals surface area contributed by atoms with Gasteiger partial charge in [-0.25, -0.2) is 0 Å². The minimum absolute atomic E-state index is 0.877. The third-order valence-corrected chi connectivity index (χ3v) is 3.63. The number of hydrogen-bond donors (Lipinski definition) is 1. The first-order chi connectivity index (χ1) is 9.08. The lowest BCUT2D eigenvalue weighted by Gasteiger charge is -2.19. The van der Waals surface area contributed by atoms with E-state index < -0.39 is 0 Å². The van der Waals surface area contributed by atoms with Gasteiger partial charge in [0.2, 0.25) is 0 Å². The van der Waals surface area contributed by atoms with E-state index in [1.165, 1.54) is 22.3 Å². The normalized spacial score (nSPS) is 10.9. The highest BCUT2D eigenvalue weighted by atomic mass is 15.1. The molecule has 2 heteroatoms. The number of nitrogens with two attached hydrogens (primary N) is 1. The van der Waals surface area contributed by atoms with Gasteiger partial charge in [-0.2, -0.15) is 0 Å². The molecule has 0 amide bonds. The SMILES string of the molecule is Cc1ccccc1CN(C)Cc1cccc(N)c1C. The number of nitrogens with zero attached hydrogens (tertiary/aromatic N) is 1. The second-order valence-corrected chi connectivity index (χ2v) is 5.23. The third kappa shape index (κ3) is 3.36. The minimum Gasteiger partial charge on any atom is -0.399 e. The fourth-order valence-electron chi connectivity index (χ4n) is 2.30. The topological polar surface area (TPSA) is 29.3 Å². The molecule has 0 aliphatic heterocycles. The highest BCUT2D eigenvalue weighted by Gasteiger charge is 2.06. The van der Waals surface area contributed by atoms with E-state index in [4.69, 9.17) is 5.73 Å². The molecule has 0 bridgehead atoms. The predicted molar refractivity (Wildman–Crippen MR) is 81.9 cm³/mol.